The van der Waals surface area contributed by atoms with Gasteiger partial charge in [-0.25, -0.2) is 4.57 Å². The molecular formula is C21H22NO7P. The van der Waals surface area contributed by atoms with Crippen molar-refractivity contribution >= 4 is 24.4 Å². The minimum Gasteiger partial charge on any atom is -0.492 e. The predicted octanol–water partition coefficient (Wildman–Crippen LogP) is 3.43. The van der Waals surface area contributed by atoms with Gasteiger partial charge < -0.3 is 19.7 Å². The van der Waals surface area contributed by atoms with E-state index in [2.05, 4.69) is 0 Å². The van der Waals surface area contributed by atoms with Gasteiger partial charge in [0.15, 0.2) is 23.0 Å². The van der Waals surface area contributed by atoms with Crippen molar-refractivity contribution in [3.05, 3.63) is 65.7 Å². The van der Waals surface area contributed by atoms with Crippen LogP contribution in [0.1, 0.15) is 22.8 Å². The van der Waals surface area contributed by atoms with Crippen LogP contribution in [0.4, 0.5) is 0 Å². The van der Waals surface area contributed by atoms with Crippen LogP contribution in [-0.2, 0) is 11.2 Å². The van der Waals surface area contributed by atoms with Crippen LogP contribution in [0.15, 0.2) is 54.6 Å². The minimum atomic E-state index is -5.00. The van der Waals surface area contributed by atoms with Crippen LogP contribution in [0.25, 0.3) is 10.8 Å². The first kappa shape index (κ1) is 21.8. The Morgan fingerprint density at radius 1 is 1.00 bits per heavy atom. The molecule has 0 bridgehead atoms. The van der Waals surface area contributed by atoms with Crippen LogP contribution >= 0.6 is 7.82 Å². The Morgan fingerprint density at radius 2 is 1.57 bits per heavy atom. The number of rotatable bonds is 8. The van der Waals surface area contributed by atoms with Crippen molar-refractivity contribution < 1.29 is 33.1 Å². The number of ketones is 1. The number of carbonyl (C=O) groups excluding carboxylic acids is 1. The lowest BCUT2D eigenvalue weighted by Gasteiger charge is -2.22. The number of Topliss-reactive ketones (excluding diaryl/α,β-unsaturated/α-hetero) is 1. The standard InChI is InChI=1S/C21H22NO7P/c1-13(22)18(23)17-19(29-30(24,25)26)15-10-6-7-11-16(15)20(27-2)21(17)28-12-14-8-4-3-5-9-14/h3-11,13H,12,22H2,1-2H3,(H2,24,25,26)/t13-/m0/s1. The SMILES string of the molecule is COc1c(OCc2ccccc2)c(C(=O)[C@H](C)N)c(OP(=O)(O)O)c2ccccc12. The first-order chi connectivity index (χ1) is 14.2. The van der Waals surface area contributed by atoms with E-state index in [1.165, 1.54) is 14.0 Å². The summed E-state index contributed by atoms with van der Waals surface area (Å²) in [6.07, 6.45) is 0. The van der Waals surface area contributed by atoms with Crippen molar-refractivity contribution in [3.63, 3.8) is 0 Å². The molecule has 0 aliphatic rings. The molecule has 0 unspecified atom stereocenters. The third kappa shape index (κ3) is 4.63. The van der Waals surface area contributed by atoms with Gasteiger partial charge in [-0.3, -0.25) is 14.6 Å². The van der Waals surface area contributed by atoms with E-state index in [0.29, 0.717) is 5.39 Å². The highest BCUT2D eigenvalue weighted by Gasteiger charge is 2.32. The Bertz CT molecular complexity index is 1110. The van der Waals surface area contributed by atoms with Crippen LogP contribution in [0.5, 0.6) is 17.2 Å². The fraction of sp³-hybridized carbons (Fsp3) is 0.190. The van der Waals surface area contributed by atoms with Gasteiger partial charge in [-0.2, -0.15) is 0 Å². The van der Waals surface area contributed by atoms with Crippen molar-refractivity contribution in [3.8, 4) is 17.2 Å². The van der Waals surface area contributed by atoms with Gasteiger partial charge in [0.05, 0.1) is 13.2 Å². The van der Waals surface area contributed by atoms with Crippen molar-refractivity contribution in [2.45, 2.75) is 19.6 Å². The van der Waals surface area contributed by atoms with E-state index in [1.807, 2.05) is 30.3 Å². The van der Waals surface area contributed by atoms with Gasteiger partial charge in [-0.05, 0) is 12.5 Å². The molecular weight excluding hydrogens is 409 g/mol. The highest BCUT2D eigenvalue weighted by atomic mass is 31.2. The molecule has 0 saturated carbocycles. The van der Waals surface area contributed by atoms with Crippen LogP contribution in [0, 0.1) is 0 Å². The molecule has 0 aliphatic carbocycles. The highest BCUT2D eigenvalue weighted by Crippen LogP contribution is 2.50. The Morgan fingerprint density at radius 3 is 2.10 bits per heavy atom. The molecule has 30 heavy (non-hydrogen) atoms. The number of benzene rings is 3. The largest absolute Gasteiger partial charge is 0.524 e. The third-order valence-corrected chi connectivity index (χ3v) is 4.80. The number of fused-ring (bicyclic) bond motifs is 1. The van der Waals surface area contributed by atoms with Crippen LogP contribution in [0.2, 0.25) is 0 Å². The van der Waals surface area contributed by atoms with Crippen molar-refractivity contribution in [2.24, 2.45) is 5.73 Å². The average Bonchev–Trinajstić information content (AvgIpc) is 2.71. The summed E-state index contributed by atoms with van der Waals surface area (Å²) in [6.45, 7) is 1.55. The van der Waals surface area contributed by atoms with Crippen molar-refractivity contribution in [2.75, 3.05) is 7.11 Å². The molecule has 1 atom stereocenters. The summed E-state index contributed by atoms with van der Waals surface area (Å²) in [6, 6.07) is 14.9. The maximum absolute atomic E-state index is 13.0. The lowest BCUT2D eigenvalue weighted by Crippen LogP contribution is -2.28. The third-order valence-electron chi connectivity index (χ3n) is 4.38. The molecule has 0 saturated heterocycles. The number of hydrogen-bond donors (Lipinski definition) is 3. The lowest BCUT2D eigenvalue weighted by atomic mass is 9.97. The molecule has 9 heteroatoms. The first-order valence-electron chi connectivity index (χ1n) is 9.07. The summed E-state index contributed by atoms with van der Waals surface area (Å²) >= 11 is 0. The van der Waals surface area contributed by atoms with Crippen LogP contribution < -0.4 is 19.7 Å². The van der Waals surface area contributed by atoms with E-state index in [9.17, 15) is 19.1 Å². The second-order valence-electron chi connectivity index (χ2n) is 6.62. The van der Waals surface area contributed by atoms with Gasteiger partial charge in [0.25, 0.3) is 0 Å². The minimum absolute atomic E-state index is 0.00537. The topological polar surface area (TPSA) is 128 Å². The molecule has 0 amide bonds. The zero-order chi connectivity index (χ0) is 21.9. The molecule has 8 nitrogen and oxygen atoms in total. The zero-order valence-corrected chi connectivity index (χ0v) is 17.3. The number of phosphoric acid groups is 1. The van der Waals surface area contributed by atoms with E-state index in [-0.39, 0.29) is 34.8 Å². The van der Waals surface area contributed by atoms with Crippen molar-refractivity contribution in [1.82, 2.24) is 0 Å². The molecule has 0 spiro atoms. The average molecular weight is 431 g/mol. The van der Waals surface area contributed by atoms with Gasteiger partial charge in [-0.1, -0.05) is 54.6 Å². The maximum atomic E-state index is 13.0. The highest BCUT2D eigenvalue weighted by molar-refractivity contribution is 7.46. The van der Waals surface area contributed by atoms with Gasteiger partial charge in [0.1, 0.15) is 12.2 Å². The number of methoxy groups -OCH3 is 1. The molecule has 0 heterocycles. The Hall–Kier alpha value is -2.90. The Kier molecular flexibility index (Phi) is 6.43. The first-order valence-corrected chi connectivity index (χ1v) is 10.6. The summed E-state index contributed by atoms with van der Waals surface area (Å²) in [5.74, 6) is -0.662. The monoisotopic (exact) mass is 431 g/mol. The molecule has 0 aromatic heterocycles. The summed E-state index contributed by atoms with van der Waals surface area (Å²) in [5.41, 5.74) is 6.46. The summed E-state index contributed by atoms with van der Waals surface area (Å²) in [4.78, 5) is 32.0. The molecule has 3 rings (SSSR count). The predicted molar refractivity (Wildman–Crippen MR) is 112 cm³/mol. The number of ether oxygens (including phenoxy) is 2. The number of phosphoric ester groups is 1. The van der Waals surface area contributed by atoms with Crippen LogP contribution in [-0.4, -0.2) is 28.7 Å². The number of hydrogen-bond acceptors (Lipinski definition) is 6. The quantitative estimate of drug-likeness (QED) is 0.366. The van der Waals surface area contributed by atoms with E-state index in [4.69, 9.17) is 19.7 Å². The summed E-state index contributed by atoms with van der Waals surface area (Å²) in [5, 5.41) is 0.751. The van der Waals surface area contributed by atoms with Gasteiger partial charge >= 0.3 is 7.82 Å². The van der Waals surface area contributed by atoms with E-state index in [0.717, 1.165) is 5.56 Å². The smallest absolute Gasteiger partial charge is 0.492 e. The Labute approximate surface area is 173 Å². The zero-order valence-electron chi connectivity index (χ0n) is 16.4. The number of carbonyl (C=O) groups is 1. The van der Waals surface area contributed by atoms with E-state index < -0.39 is 19.6 Å². The Balaban J connectivity index is 2.31. The molecule has 0 fully saturated rings. The van der Waals surface area contributed by atoms with Gasteiger partial charge in [0, 0.05) is 10.8 Å². The second-order valence-corrected chi connectivity index (χ2v) is 7.78. The maximum Gasteiger partial charge on any atom is 0.524 e. The van der Waals surface area contributed by atoms with Crippen LogP contribution in [0.3, 0.4) is 0 Å². The number of nitrogens with two attached hydrogens (primary N) is 1. The summed E-state index contributed by atoms with van der Waals surface area (Å²) in [7, 11) is -3.58. The molecule has 3 aromatic carbocycles. The molecule has 0 aliphatic heterocycles. The fourth-order valence-electron chi connectivity index (χ4n) is 3.09. The van der Waals surface area contributed by atoms with E-state index in [1.54, 1.807) is 24.3 Å². The lowest BCUT2D eigenvalue weighted by molar-refractivity contribution is 0.0961. The molecule has 0 radical (unpaired) electrons. The van der Waals surface area contributed by atoms with Crippen molar-refractivity contribution in [1.29, 1.82) is 0 Å². The van der Waals surface area contributed by atoms with Gasteiger partial charge in [0.2, 0.25) is 0 Å². The molecule has 3 aromatic rings. The molecule has 4 N–H and O–H groups in total. The van der Waals surface area contributed by atoms with Gasteiger partial charge in [-0.15, -0.1) is 0 Å². The fourth-order valence-corrected chi connectivity index (χ4v) is 3.52. The normalized spacial score (nSPS) is 12.4. The summed E-state index contributed by atoms with van der Waals surface area (Å²) < 4.78 is 28.1. The van der Waals surface area contributed by atoms with E-state index >= 15 is 0 Å². The molecule has 158 valence electrons. The second kappa shape index (κ2) is 8.85.